The van der Waals surface area contributed by atoms with Gasteiger partial charge in [0, 0.05) is 17.7 Å². The minimum atomic E-state index is -0.197. The third kappa shape index (κ3) is 7.84. The zero-order valence-corrected chi connectivity index (χ0v) is 21.7. The maximum Gasteiger partial charge on any atom is 0.269 e. The summed E-state index contributed by atoms with van der Waals surface area (Å²) in [6.45, 7) is 7.02. The van der Waals surface area contributed by atoms with Crippen LogP contribution in [0.2, 0.25) is 0 Å². The predicted octanol–water partition coefficient (Wildman–Crippen LogP) is 7.08. The highest BCUT2D eigenvalue weighted by Gasteiger charge is 2.13. The molecule has 0 radical (unpaired) electrons. The van der Waals surface area contributed by atoms with Crippen LogP contribution >= 0.6 is 0 Å². The highest BCUT2D eigenvalue weighted by atomic mass is 16.5. The monoisotopic (exact) mass is 490 g/mol. The fourth-order valence-electron chi connectivity index (χ4n) is 3.88. The zero-order chi connectivity index (χ0) is 26.1. The van der Waals surface area contributed by atoms with Crippen molar-refractivity contribution in [3.63, 3.8) is 0 Å². The summed E-state index contributed by atoms with van der Waals surface area (Å²) in [6, 6.07) is 35.9. The van der Waals surface area contributed by atoms with Gasteiger partial charge in [0.05, 0.1) is 0 Å². The number of rotatable bonds is 9. The smallest absolute Gasteiger partial charge is 0.269 e. The van der Waals surface area contributed by atoms with Crippen molar-refractivity contribution in [3.05, 3.63) is 143 Å². The molecule has 0 aliphatic carbocycles. The van der Waals surface area contributed by atoms with E-state index >= 15 is 0 Å². The van der Waals surface area contributed by atoms with Gasteiger partial charge in [-0.1, -0.05) is 106 Å². The molecule has 4 aromatic rings. The zero-order valence-electron chi connectivity index (χ0n) is 21.7. The van der Waals surface area contributed by atoms with Crippen LogP contribution in [0.1, 0.15) is 53.4 Å². The number of hydrogen-bond donors (Lipinski definition) is 2. The van der Waals surface area contributed by atoms with E-state index in [9.17, 15) is 4.79 Å². The molecule has 4 aromatic carbocycles. The fraction of sp³-hybridized carbons (Fsp3) is 0.182. The molecule has 4 heteroatoms. The number of hydrogen-bond acceptors (Lipinski definition) is 3. The summed E-state index contributed by atoms with van der Waals surface area (Å²) in [5.74, 6) is 0.632. The summed E-state index contributed by atoms with van der Waals surface area (Å²) in [7, 11) is 0. The highest BCUT2D eigenvalue weighted by Crippen LogP contribution is 2.24. The Hall–Kier alpha value is -4.31. The van der Waals surface area contributed by atoms with Crippen LogP contribution in [-0.2, 0) is 18.4 Å². The van der Waals surface area contributed by atoms with Crippen molar-refractivity contribution in [1.29, 1.82) is 0 Å². The van der Waals surface area contributed by atoms with E-state index in [1.807, 2.05) is 91.0 Å². The second-order valence-corrected chi connectivity index (χ2v) is 10.1. The summed E-state index contributed by atoms with van der Waals surface area (Å²) in [5.41, 5.74) is 12.0. The standard InChI is InChI=1S/C33H34N2O2/c1-33(2,3)29-18-20-31(21-19-29)37-24-27-14-16-28(17-15-27)32(36)35-34-30(22-25-10-6-4-7-11-25)23-26-12-8-5-9-13-26/h4-22,34H,23-24H2,1-3H3,(H,35,36)/b30-22+. The quantitative estimate of drug-likeness (QED) is 0.247. The molecule has 0 aliphatic heterocycles. The Morgan fingerprint density at radius 2 is 1.35 bits per heavy atom. The van der Waals surface area contributed by atoms with Gasteiger partial charge in [-0.15, -0.1) is 0 Å². The SMILES string of the molecule is CC(C)(C)c1ccc(OCc2ccc(C(=O)NN/C(=C/c3ccccc3)Cc3ccccc3)cc2)cc1. The van der Waals surface area contributed by atoms with Crippen LogP contribution in [0.15, 0.2) is 115 Å². The van der Waals surface area contributed by atoms with E-state index in [0.29, 0.717) is 18.6 Å². The molecule has 4 nitrogen and oxygen atoms in total. The molecule has 0 spiro atoms. The van der Waals surface area contributed by atoms with Crippen molar-refractivity contribution in [2.45, 2.75) is 39.2 Å². The first-order chi connectivity index (χ1) is 17.9. The third-order valence-corrected chi connectivity index (χ3v) is 6.06. The van der Waals surface area contributed by atoms with Crippen LogP contribution < -0.4 is 15.6 Å². The maximum absolute atomic E-state index is 12.8. The lowest BCUT2D eigenvalue weighted by molar-refractivity contribution is 0.0938. The molecule has 0 saturated heterocycles. The van der Waals surface area contributed by atoms with E-state index in [1.54, 1.807) is 0 Å². The Balaban J connectivity index is 1.34. The van der Waals surface area contributed by atoms with Crippen molar-refractivity contribution in [2.75, 3.05) is 0 Å². The predicted molar refractivity (Wildman–Crippen MR) is 151 cm³/mol. The molecular formula is C33H34N2O2. The van der Waals surface area contributed by atoms with E-state index < -0.39 is 0 Å². The molecule has 0 fully saturated rings. The summed E-state index contributed by atoms with van der Waals surface area (Å²) in [5, 5.41) is 0. The molecule has 188 valence electrons. The van der Waals surface area contributed by atoms with E-state index in [0.717, 1.165) is 28.1 Å². The van der Waals surface area contributed by atoms with E-state index in [-0.39, 0.29) is 11.3 Å². The van der Waals surface area contributed by atoms with Crippen LogP contribution in [0, 0.1) is 0 Å². The van der Waals surface area contributed by atoms with Crippen molar-refractivity contribution in [3.8, 4) is 5.75 Å². The first kappa shape index (κ1) is 25.8. The molecule has 0 aliphatic rings. The first-order valence-corrected chi connectivity index (χ1v) is 12.5. The Labute approximate surface area is 220 Å². The number of amides is 1. The van der Waals surface area contributed by atoms with Gasteiger partial charge < -0.3 is 10.2 Å². The molecule has 0 saturated carbocycles. The number of hydrazine groups is 1. The summed E-state index contributed by atoms with van der Waals surface area (Å²) in [4.78, 5) is 12.8. The van der Waals surface area contributed by atoms with Gasteiger partial charge in [-0.3, -0.25) is 10.2 Å². The Bertz CT molecular complexity index is 1310. The molecule has 37 heavy (non-hydrogen) atoms. The molecule has 0 atom stereocenters. The number of carbonyl (C=O) groups excluding carboxylic acids is 1. The van der Waals surface area contributed by atoms with E-state index in [4.69, 9.17) is 4.74 Å². The van der Waals surface area contributed by atoms with Gasteiger partial charge in [0.2, 0.25) is 0 Å². The van der Waals surface area contributed by atoms with Gasteiger partial charge in [-0.25, -0.2) is 0 Å². The number of ether oxygens (including phenoxy) is 1. The number of nitrogens with one attached hydrogen (secondary N) is 2. The lowest BCUT2D eigenvalue weighted by Crippen LogP contribution is -2.37. The molecular weight excluding hydrogens is 456 g/mol. The van der Waals surface area contributed by atoms with Gasteiger partial charge in [0.15, 0.2) is 0 Å². The van der Waals surface area contributed by atoms with Crippen LogP contribution in [0.4, 0.5) is 0 Å². The fourth-order valence-corrected chi connectivity index (χ4v) is 3.88. The van der Waals surface area contributed by atoms with Gasteiger partial charge >= 0.3 is 0 Å². The lowest BCUT2D eigenvalue weighted by Gasteiger charge is -2.19. The minimum Gasteiger partial charge on any atom is -0.489 e. The van der Waals surface area contributed by atoms with Crippen molar-refractivity contribution in [2.24, 2.45) is 0 Å². The lowest BCUT2D eigenvalue weighted by atomic mass is 9.87. The van der Waals surface area contributed by atoms with E-state index in [2.05, 4.69) is 55.9 Å². The topological polar surface area (TPSA) is 50.4 Å². The Morgan fingerprint density at radius 1 is 0.730 bits per heavy atom. The largest absolute Gasteiger partial charge is 0.489 e. The second kappa shape index (κ2) is 12.1. The number of benzene rings is 4. The average molecular weight is 491 g/mol. The summed E-state index contributed by atoms with van der Waals surface area (Å²) < 4.78 is 5.93. The molecule has 0 heterocycles. The van der Waals surface area contributed by atoms with Crippen molar-refractivity contribution in [1.82, 2.24) is 10.9 Å². The molecule has 0 aromatic heterocycles. The third-order valence-electron chi connectivity index (χ3n) is 6.06. The van der Waals surface area contributed by atoms with Crippen molar-refractivity contribution < 1.29 is 9.53 Å². The summed E-state index contributed by atoms with van der Waals surface area (Å²) >= 11 is 0. The van der Waals surface area contributed by atoms with Gasteiger partial charge in [-0.05, 0) is 58.0 Å². The summed E-state index contributed by atoms with van der Waals surface area (Å²) in [6.07, 6.45) is 2.71. The molecule has 0 bridgehead atoms. The Kier molecular flexibility index (Phi) is 8.42. The number of allylic oxidation sites excluding steroid dienone is 1. The van der Waals surface area contributed by atoms with Crippen LogP contribution in [0.25, 0.3) is 6.08 Å². The van der Waals surface area contributed by atoms with Gasteiger partial charge in [0.25, 0.3) is 5.91 Å². The molecule has 0 unspecified atom stereocenters. The molecule has 4 rings (SSSR count). The van der Waals surface area contributed by atoms with Crippen LogP contribution in [0.3, 0.4) is 0 Å². The average Bonchev–Trinajstić information content (AvgIpc) is 2.91. The highest BCUT2D eigenvalue weighted by molar-refractivity contribution is 5.94. The Morgan fingerprint density at radius 3 is 1.97 bits per heavy atom. The van der Waals surface area contributed by atoms with E-state index in [1.165, 1.54) is 5.56 Å². The van der Waals surface area contributed by atoms with Crippen LogP contribution in [-0.4, -0.2) is 5.91 Å². The van der Waals surface area contributed by atoms with Crippen molar-refractivity contribution >= 4 is 12.0 Å². The second-order valence-electron chi connectivity index (χ2n) is 10.1. The first-order valence-electron chi connectivity index (χ1n) is 12.5. The minimum absolute atomic E-state index is 0.115. The maximum atomic E-state index is 12.8. The molecule has 1 amide bonds. The normalized spacial score (nSPS) is 11.6. The molecule has 2 N–H and O–H groups in total. The van der Waals surface area contributed by atoms with Crippen LogP contribution in [0.5, 0.6) is 5.75 Å². The van der Waals surface area contributed by atoms with Gasteiger partial charge in [0.1, 0.15) is 12.4 Å². The van der Waals surface area contributed by atoms with Gasteiger partial charge in [-0.2, -0.15) is 0 Å². The number of carbonyl (C=O) groups is 1.